The van der Waals surface area contributed by atoms with E-state index in [1.807, 2.05) is 18.7 Å². The van der Waals surface area contributed by atoms with Crippen molar-refractivity contribution in [1.29, 1.82) is 0 Å². The van der Waals surface area contributed by atoms with Gasteiger partial charge in [-0.15, -0.1) is 0 Å². The number of amides is 2. The largest absolute Gasteiger partial charge is 0.493 e. The number of likely N-dealkylation sites (tertiary alicyclic amines) is 1. The van der Waals surface area contributed by atoms with Gasteiger partial charge < -0.3 is 39.8 Å². The third-order valence-electron chi connectivity index (χ3n) is 13.1. The van der Waals surface area contributed by atoms with Crippen LogP contribution in [0.2, 0.25) is 0 Å². The second-order valence-electron chi connectivity index (χ2n) is 18.3. The van der Waals surface area contributed by atoms with E-state index in [9.17, 15) is 27.2 Å². The van der Waals surface area contributed by atoms with Gasteiger partial charge in [0.15, 0.2) is 23.0 Å². The number of nitrogens with zero attached hydrogens (tertiary/aromatic N) is 3. The first-order chi connectivity index (χ1) is 33.2. The van der Waals surface area contributed by atoms with Crippen LogP contribution in [0.25, 0.3) is 12.2 Å². The lowest BCUT2D eigenvalue weighted by Crippen LogP contribution is -2.45. The molecule has 4 aromatic carbocycles. The van der Waals surface area contributed by atoms with Gasteiger partial charge in [-0.25, -0.2) is 17.6 Å². The van der Waals surface area contributed by atoms with Crippen molar-refractivity contribution in [3.63, 3.8) is 0 Å². The molecule has 1 aliphatic carbocycles. The van der Waals surface area contributed by atoms with Gasteiger partial charge in [0, 0.05) is 85.2 Å². The van der Waals surface area contributed by atoms with E-state index in [1.54, 1.807) is 74.8 Å². The predicted molar refractivity (Wildman–Crippen MR) is 262 cm³/mol. The Hall–Kier alpha value is -5.90. The molecule has 11 nitrogen and oxygen atoms in total. The van der Waals surface area contributed by atoms with Crippen molar-refractivity contribution < 1.29 is 46.1 Å². The predicted octanol–water partition coefficient (Wildman–Crippen LogP) is 9.40. The summed E-state index contributed by atoms with van der Waals surface area (Å²) in [7, 11) is 6.16. The van der Waals surface area contributed by atoms with E-state index < -0.39 is 23.3 Å². The Morgan fingerprint density at radius 2 is 1.19 bits per heavy atom. The lowest BCUT2D eigenvalue weighted by atomic mass is 10.1. The minimum atomic E-state index is -0.630. The molecule has 69 heavy (non-hydrogen) atoms. The number of rotatable bonds is 18. The molecule has 0 unspecified atom stereocenters. The molecule has 3 fully saturated rings. The Bertz CT molecular complexity index is 2440. The molecule has 15 heteroatoms. The topological polar surface area (TPSA) is 119 Å². The monoisotopic (exact) mass is 958 g/mol. The van der Waals surface area contributed by atoms with E-state index >= 15 is 0 Å². The third kappa shape index (κ3) is 14.6. The SMILES string of the molecule is COc1ccc(C(=O)N(C/C(C)=C/c2ccc(F)cc2F)C[C@@H]2CCCN2)cc1OC.COc1ccc(C(=O)N(C/C(C)=C/c2ccc(F)cc2F)C[C@@H]2CCCN2C[C@H]2CC[C@@H](N)C2)cc1OC. The van der Waals surface area contributed by atoms with Gasteiger partial charge in [0.25, 0.3) is 11.8 Å². The summed E-state index contributed by atoms with van der Waals surface area (Å²) in [4.78, 5) is 33.3. The van der Waals surface area contributed by atoms with Crippen LogP contribution in [0, 0.1) is 29.2 Å². The number of methoxy groups -OCH3 is 4. The van der Waals surface area contributed by atoms with Crippen LogP contribution >= 0.6 is 0 Å². The fourth-order valence-electron chi connectivity index (χ4n) is 9.59. The Morgan fingerprint density at radius 1 is 0.667 bits per heavy atom. The molecule has 2 amide bonds. The van der Waals surface area contributed by atoms with Crippen LogP contribution in [0.3, 0.4) is 0 Å². The summed E-state index contributed by atoms with van der Waals surface area (Å²) in [5.41, 5.74) is 9.31. The lowest BCUT2D eigenvalue weighted by Gasteiger charge is -2.33. The van der Waals surface area contributed by atoms with Crippen molar-refractivity contribution in [3.8, 4) is 23.0 Å². The minimum Gasteiger partial charge on any atom is -0.493 e. The van der Waals surface area contributed by atoms with E-state index in [-0.39, 0.29) is 29.5 Å². The van der Waals surface area contributed by atoms with E-state index in [1.165, 1.54) is 31.4 Å². The zero-order valence-electron chi connectivity index (χ0n) is 40.7. The van der Waals surface area contributed by atoms with E-state index in [0.29, 0.717) is 77.8 Å². The summed E-state index contributed by atoms with van der Waals surface area (Å²) in [5.74, 6) is -0.114. The maximum Gasteiger partial charge on any atom is 0.254 e. The standard InChI is InChI=1S/C30H39F2N3O3.C24H28F2N2O3/c1-20(13-22-7-9-24(31)16-27(22)32)17-35(30(36)23-8-11-28(37-2)29(15-23)38-3)19-26-5-4-12-34(26)18-21-6-10-25(33)14-21;1-16(11-17-6-8-19(25)13-21(17)26)14-28(15-20-5-4-10-27-20)24(29)18-7-9-22(30-2)23(12-18)31-3/h7-9,11,13,15-16,21,25-26H,4-6,10,12,14,17-19,33H2,1-3H3;6-9,11-13,20,27H,4-5,10,14-15H2,1-3H3/b20-13+;16-11+/t21-,25+,26-;20-/m00/s1. The van der Waals surface area contributed by atoms with Gasteiger partial charge in [-0.2, -0.15) is 0 Å². The number of benzene rings is 4. The van der Waals surface area contributed by atoms with Gasteiger partial charge in [-0.3, -0.25) is 14.5 Å². The van der Waals surface area contributed by atoms with Crippen molar-refractivity contribution in [2.45, 2.75) is 76.9 Å². The van der Waals surface area contributed by atoms with Gasteiger partial charge in [0.05, 0.1) is 28.4 Å². The summed E-state index contributed by atoms with van der Waals surface area (Å²) in [6.07, 6.45) is 10.8. The molecule has 1 saturated carbocycles. The van der Waals surface area contributed by atoms with Crippen LogP contribution in [0.15, 0.2) is 83.9 Å². The summed E-state index contributed by atoms with van der Waals surface area (Å²) in [6.45, 7) is 8.39. The number of nitrogens with one attached hydrogen (secondary N) is 1. The Morgan fingerprint density at radius 3 is 1.64 bits per heavy atom. The molecule has 0 spiro atoms. The van der Waals surface area contributed by atoms with Gasteiger partial charge >= 0.3 is 0 Å². The Balaban J connectivity index is 0.000000232. The highest BCUT2D eigenvalue weighted by atomic mass is 19.1. The first-order valence-corrected chi connectivity index (χ1v) is 23.7. The smallest absolute Gasteiger partial charge is 0.254 e. The van der Waals surface area contributed by atoms with Crippen molar-refractivity contribution in [2.75, 3.05) is 74.3 Å². The molecular formula is C54H67F4N5O6. The quantitative estimate of drug-likeness (QED) is 0.0941. The Kier molecular flexibility index (Phi) is 19.1. The molecule has 372 valence electrons. The van der Waals surface area contributed by atoms with Gasteiger partial charge in [0.1, 0.15) is 23.3 Å². The number of carbonyl (C=O) groups excluding carboxylic acids is 2. The van der Waals surface area contributed by atoms with E-state index in [2.05, 4.69) is 10.2 Å². The lowest BCUT2D eigenvalue weighted by molar-refractivity contribution is 0.0713. The van der Waals surface area contributed by atoms with Crippen LogP contribution in [-0.2, 0) is 0 Å². The zero-order valence-corrected chi connectivity index (χ0v) is 40.7. The molecule has 2 aliphatic heterocycles. The first kappa shape index (κ1) is 52.5. The molecule has 2 heterocycles. The van der Waals surface area contributed by atoms with Crippen molar-refractivity contribution in [3.05, 3.63) is 129 Å². The highest BCUT2D eigenvalue weighted by molar-refractivity contribution is 5.96. The second kappa shape index (κ2) is 25.1. The van der Waals surface area contributed by atoms with Crippen LogP contribution < -0.4 is 30.0 Å². The first-order valence-electron chi connectivity index (χ1n) is 23.7. The number of carbonyl (C=O) groups is 2. The van der Waals surface area contributed by atoms with Crippen LogP contribution in [0.1, 0.15) is 90.6 Å². The van der Waals surface area contributed by atoms with Crippen molar-refractivity contribution in [1.82, 2.24) is 20.0 Å². The minimum absolute atomic E-state index is 0.131. The van der Waals surface area contributed by atoms with Crippen molar-refractivity contribution >= 4 is 24.0 Å². The van der Waals surface area contributed by atoms with Crippen molar-refractivity contribution in [2.24, 2.45) is 11.7 Å². The second-order valence-corrected chi connectivity index (χ2v) is 18.3. The number of ether oxygens (including phenoxy) is 4. The van der Waals surface area contributed by atoms with E-state index in [4.69, 9.17) is 24.7 Å². The molecule has 7 rings (SSSR count). The summed E-state index contributed by atoms with van der Waals surface area (Å²) in [5, 5.41) is 3.41. The number of hydrogen-bond donors (Lipinski definition) is 2. The Labute approximate surface area is 404 Å². The van der Waals surface area contributed by atoms with Crippen LogP contribution in [0.5, 0.6) is 23.0 Å². The fourth-order valence-corrected chi connectivity index (χ4v) is 9.59. The molecule has 2 saturated heterocycles. The maximum atomic E-state index is 14.3. The molecule has 0 radical (unpaired) electrons. The summed E-state index contributed by atoms with van der Waals surface area (Å²) in [6, 6.07) is 18.0. The average Bonchev–Trinajstić information content (AvgIpc) is 4.13. The molecule has 3 N–H and O–H groups in total. The fraction of sp³-hybridized carbons (Fsp3) is 0.444. The molecule has 3 aliphatic rings. The van der Waals surface area contributed by atoms with Gasteiger partial charge in [-0.05, 0) is 138 Å². The molecular weight excluding hydrogens is 891 g/mol. The zero-order chi connectivity index (χ0) is 49.6. The van der Waals surface area contributed by atoms with Gasteiger partial charge in [-0.1, -0.05) is 23.3 Å². The maximum absolute atomic E-state index is 14.3. The van der Waals surface area contributed by atoms with Crippen LogP contribution in [0.4, 0.5) is 17.6 Å². The average molecular weight is 958 g/mol. The molecule has 4 atom stereocenters. The van der Waals surface area contributed by atoms with Crippen LogP contribution in [-0.4, -0.2) is 119 Å². The normalized spacial score (nSPS) is 19.5. The summed E-state index contributed by atoms with van der Waals surface area (Å²) >= 11 is 0. The van der Waals surface area contributed by atoms with E-state index in [0.717, 1.165) is 87.9 Å². The molecule has 0 bridgehead atoms. The number of hydrogen-bond acceptors (Lipinski definition) is 9. The van der Waals surface area contributed by atoms with Gasteiger partial charge in [0.2, 0.25) is 0 Å². The highest BCUT2D eigenvalue weighted by Gasteiger charge is 2.33. The molecule has 0 aromatic heterocycles. The third-order valence-corrected chi connectivity index (χ3v) is 13.1. The number of nitrogens with two attached hydrogens (primary N) is 1. The summed E-state index contributed by atoms with van der Waals surface area (Å²) < 4.78 is 76.3. The number of halogens is 4. The highest BCUT2D eigenvalue weighted by Crippen LogP contribution is 2.32. The molecule has 4 aromatic rings.